The third-order valence-corrected chi connectivity index (χ3v) is 7.73. The van der Waals surface area contributed by atoms with Crippen LogP contribution in [-0.4, -0.2) is 33.9 Å². The lowest BCUT2D eigenvalue weighted by Crippen LogP contribution is -2.36. The fraction of sp³-hybridized carbons (Fsp3) is 0.400. The number of nitrogens with zero attached hydrogens (tertiary/aromatic N) is 3. The molecule has 1 aromatic carbocycles. The predicted molar refractivity (Wildman–Crippen MR) is 123 cm³/mol. The molecule has 3 heterocycles. The molecule has 31 heavy (non-hydrogen) atoms. The van der Waals surface area contributed by atoms with Gasteiger partial charge in [0, 0.05) is 34.8 Å². The van der Waals surface area contributed by atoms with Gasteiger partial charge in [-0.2, -0.15) is 0 Å². The number of benzene rings is 1. The van der Waals surface area contributed by atoms with Gasteiger partial charge in [0.15, 0.2) is 0 Å². The van der Waals surface area contributed by atoms with Gasteiger partial charge in [-0.1, -0.05) is 36.4 Å². The molecular weight excluding hydrogens is 404 g/mol. The molecule has 1 unspecified atom stereocenters. The number of pyridine rings is 1. The summed E-state index contributed by atoms with van der Waals surface area (Å²) in [4.78, 5) is 25.6. The number of likely N-dealkylation sites (tertiary alicyclic amines) is 1. The third-order valence-electron chi connectivity index (χ3n) is 6.70. The lowest BCUT2D eigenvalue weighted by atomic mass is 9.90. The molecule has 2 aliphatic rings. The van der Waals surface area contributed by atoms with E-state index in [-0.39, 0.29) is 17.2 Å². The van der Waals surface area contributed by atoms with Crippen LogP contribution in [-0.2, 0) is 17.9 Å². The highest BCUT2D eigenvalue weighted by atomic mass is 32.1. The minimum atomic E-state index is 0.174. The number of carbonyl (C=O) groups is 1. The van der Waals surface area contributed by atoms with Crippen LogP contribution in [0.4, 0.5) is 0 Å². The molecule has 1 saturated heterocycles. The van der Waals surface area contributed by atoms with Gasteiger partial charge in [-0.15, -0.1) is 11.3 Å². The van der Waals surface area contributed by atoms with Crippen LogP contribution in [0.25, 0.3) is 10.6 Å². The number of nitrogens with one attached hydrogen (secondary N) is 1. The van der Waals surface area contributed by atoms with Crippen molar-refractivity contribution in [3.05, 3.63) is 71.0 Å². The minimum absolute atomic E-state index is 0.174. The molecule has 2 aromatic heterocycles. The molecule has 1 aliphatic carbocycles. The quantitative estimate of drug-likeness (QED) is 0.626. The van der Waals surface area contributed by atoms with E-state index in [0.29, 0.717) is 6.54 Å². The summed E-state index contributed by atoms with van der Waals surface area (Å²) in [5, 5.41) is 4.20. The fourth-order valence-electron chi connectivity index (χ4n) is 4.74. The zero-order valence-electron chi connectivity index (χ0n) is 17.9. The smallest absolute Gasteiger partial charge is 0.224 e. The van der Waals surface area contributed by atoms with Gasteiger partial charge < -0.3 is 5.32 Å². The normalized spacial score (nSPS) is 20.0. The van der Waals surface area contributed by atoms with Crippen molar-refractivity contribution in [2.24, 2.45) is 11.3 Å². The van der Waals surface area contributed by atoms with Crippen LogP contribution >= 0.6 is 11.3 Å². The van der Waals surface area contributed by atoms with Crippen LogP contribution in [0, 0.1) is 18.3 Å². The third kappa shape index (κ3) is 4.55. The first-order valence-corrected chi connectivity index (χ1v) is 11.9. The molecule has 5 rings (SSSR count). The first-order valence-electron chi connectivity index (χ1n) is 11.0. The second-order valence-electron chi connectivity index (χ2n) is 8.88. The second kappa shape index (κ2) is 8.52. The van der Waals surface area contributed by atoms with Crippen LogP contribution in [0.15, 0.2) is 54.7 Å². The van der Waals surface area contributed by atoms with E-state index in [4.69, 9.17) is 0 Å². The van der Waals surface area contributed by atoms with Crippen LogP contribution in [0.1, 0.15) is 35.5 Å². The molecule has 0 bridgehead atoms. The summed E-state index contributed by atoms with van der Waals surface area (Å²) in [6, 6.07) is 16.3. The van der Waals surface area contributed by atoms with Crippen molar-refractivity contribution in [2.45, 2.75) is 39.3 Å². The predicted octanol–water partition coefficient (Wildman–Crippen LogP) is 4.43. The Bertz CT molecular complexity index is 1060. The van der Waals surface area contributed by atoms with E-state index in [2.05, 4.69) is 44.5 Å². The Balaban J connectivity index is 1.10. The summed E-state index contributed by atoms with van der Waals surface area (Å²) >= 11 is 1.78. The van der Waals surface area contributed by atoms with Gasteiger partial charge in [-0.3, -0.25) is 14.7 Å². The monoisotopic (exact) mass is 432 g/mol. The highest BCUT2D eigenvalue weighted by Crippen LogP contribution is 2.59. The summed E-state index contributed by atoms with van der Waals surface area (Å²) in [7, 11) is 0. The van der Waals surface area contributed by atoms with E-state index < -0.39 is 0 Å². The zero-order valence-corrected chi connectivity index (χ0v) is 18.7. The van der Waals surface area contributed by atoms with E-state index in [0.717, 1.165) is 55.3 Å². The van der Waals surface area contributed by atoms with E-state index in [1.807, 2.05) is 37.4 Å². The summed E-state index contributed by atoms with van der Waals surface area (Å²) in [5.41, 5.74) is 3.32. The molecule has 1 saturated carbocycles. The van der Waals surface area contributed by atoms with Crippen LogP contribution in [0.3, 0.4) is 0 Å². The van der Waals surface area contributed by atoms with Gasteiger partial charge in [0.05, 0.1) is 12.2 Å². The molecule has 1 N–H and O–H groups in total. The number of hydrogen-bond acceptors (Lipinski definition) is 5. The molecule has 0 radical (unpaired) electrons. The number of carbonyl (C=O) groups excluding carboxylic acids is 1. The number of rotatable bonds is 6. The fourth-order valence-corrected chi connectivity index (χ4v) is 5.70. The van der Waals surface area contributed by atoms with Gasteiger partial charge in [-0.05, 0) is 56.8 Å². The topological polar surface area (TPSA) is 58.1 Å². The molecule has 160 valence electrons. The van der Waals surface area contributed by atoms with E-state index in [1.54, 1.807) is 11.3 Å². The Morgan fingerprint density at radius 2 is 1.97 bits per heavy atom. The largest absolute Gasteiger partial charge is 0.350 e. The maximum absolute atomic E-state index is 12.7. The molecular formula is C25H28N4OS. The number of piperidine rings is 1. The second-order valence-corrected chi connectivity index (χ2v) is 10.00. The lowest BCUT2D eigenvalue weighted by Gasteiger charge is -2.32. The van der Waals surface area contributed by atoms with Gasteiger partial charge >= 0.3 is 0 Å². The molecule has 6 heteroatoms. The molecule has 1 aliphatic heterocycles. The maximum atomic E-state index is 12.7. The Morgan fingerprint density at radius 3 is 2.74 bits per heavy atom. The van der Waals surface area contributed by atoms with Crippen molar-refractivity contribution in [3.8, 4) is 10.6 Å². The van der Waals surface area contributed by atoms with Crippen molar-refractivity contribution in [1.82, 2.24) is 20.2 Å². The summed E-state index contributed by atoms with van der Waals surface area (Å²) in [6.45, 7) is 5.57. The van der Waals surface area contributed by atoms with Gasteiger partial charge in [-0.25, -0.2) is 4.98 Å². The first kappa shape index (κ1) is 20.3. The van der Waals surface area contributed by atoms with Crippen LogP contribution in [0.5, 0.6) is 0 Å². The zero-order chi connectivity index (χ0) is 21.3. The SMILES string of the molecule is Cc1cccc(CNC(=O)C2CC23CCN(Cc2cnc(-c4ccccc4)s2)CC3)n1. The van der Waals surface area contributed by atoms with Crippen LogP contribution in [0.2, 0.25) is 0 Å². The first-order chi connectivity index (χ1) is 15.1. The molecule has 1 atom stereocenters. The molecule has 3 aromatic rings. The Morgan fingerprint density at radius 1 is 1.16 bits per heavy atom. The van der Waals surface area contributed by atoms with E-state index in [9.17, 15) is 4.79 Å². The molecule has 2 fully saturated rings. The Hall–Kier alpha value is -2.57. The van der Waals surface area contributed by atoms with Crippen LogP contribution < -0.4 is 5.32 Å². The molecule has 1 spiro atoms. The van der Waals surface area contributed by atoms with Crippen molar-refractivity contribution in [2.75, 3.05) is 13.1 Å². The number of amides is 1. The highest BCUT2D eigenvalue weighted by molar-refractivity contribution is 7.15. The van der Waals surface area contributed by atoms with Gasteiger partial charge in [0.25, 0.3) is 0 Å². The summed E-state index contributed by atoms with van der Waals surface area (Å²) in [6.07, 6.45) is 5.27. The maximum Gasteiger partial charge on any atom is 0.224 e. The number of hydrogen-bond donors (Lipinski definition) is 1. The summed E-state index contributed by atoms with van der Waals surface area (Å²) < 4.78 is 0. The van der Waals surface area contributed by atoms with E-state index >= 15 is 0 Å². The van der Waals surface area contributed by atoms with Crippen molar-refractivity contribution in [1.29, 1.82) is 0 Å². The van der Waals surface area contributed by atoms with Crippen molar-refractivity contribution < 1.29 is 4.79 Å². The standard InChI is InChI=1S/C25H28N4OS/c1-18-6-5-9-20(28-18)15-26-23(30)22-14-25(22)10-12-29(13-11-25)17-21-16-27-24(31-21)19-7-3-2-4-8-19/h2-9,16,22H,10-15,17H2,1H3,(H,26,30). The lowest BCUT2D eigenvalue weighted by molar-refractivity contribution is -0.123. The van der Waals surface area contributed by atoms with E-state index in [1.165, 1.54) is 10.4 Å². The average Bonchev–Trinajstić information content (AvgIpc) is 3.29. The Labute approximate surface area is 187 Å². The number of aromatic nitrogens is 2. The van der Waals surface area contributed by atoms with Crippen molar-refractivity contribution in [3.63, 3.8) is 0 Å². The highest BCUT2D eigenvalue weighted by Gasteiger charge is 2.58. The van der Waals surface area contributed by atoms with Crippen molar-refractivity contribution >= 4 is 17.2 Å². The minimum Gasteiger partial charge on any atom is -0.350 e. The Kier molecular flexibility index (Phi) is 5.59. The summed E-state index contributed by atoms with van der Waals surface area (Å²) in [5.74, 6) is 0.374. The number of aryl methyl sites for hydroxylation is 1. The number of thiazole rings is 1. The van der Waals surface area contributed by atoms with Gasteiger partial charge in [0.2, 0.25) is 5.91 Å². The van der Waals surface area contributed by atoms with Gasteiger partial charge in [0.1, 0.15) is 5.01 Å². The molecule has 5 nitrogen and oxygen atoms in total. The average molecular weight is 433 g/mol. The molecule has 1 amide bonds.